The number of carbonyl (C=O) groups excluding carboxylic acids is 3. The van der Waals surface area contributed by atoms with Crippen LogP contribution in [0.3, 0.4) is 0 Å². The number of nitrogens with zero attached hydrogens (tertiary/aromatic N) is 1. The van der Waals surface area contributed by atoms with Gasteiger partial charge in [-0.25, -0.2) is 8.78 Å². The van der Waals surface area contributed by atoms with Crippen molar-refractivity contribution in [2.24, 2.45) is 5.92 Å². The molecule has 1 fully saturated rings. The van der Waals surface area contributed by atoms with E-state index in [-0.39, 0.29) is 22.7 Å². The lowest BCUT2D eigenvalue weighted by atomic mass is 10.1. The van der Waals surface area contributed by atoms with E-state index in [9.17, 15) is 36.3 Å². The van der Waals surface area contributed by atoms with E-state index in [4.69, 9.17) is 34.8 Å². The molecule has 0 saturated heterocycles. The first-order valence-corrected chi connectivity index (χ1v) is 10.4. The van der Waals surface area contributed by atoms with Gasteiger partial charge < -0.3 is 15.5 Å². The maximum atomic E-state index is 14.8. The molecule has 3 amide bonds. The van der Waals surface area contributed by atoms with Crippen LogP contribution >= 0.6 is 34.8 Å². The zero-order valence-corrected chi connectivity index (χ0v) is 19.1. The van der Waals surface area contributed by atoms with E-state index in [1.165, 1.54) is 18.2 Å². The van der Waals surface area contributed by atoms with Gasteiger partial charge in [0.15, 0.2) is 5.82 Å². The highest BCUT2D eigenvalue weighted by atomic mass is 35.5. The topological polar surface area (TPSA) is 78.5 Å². The highest BCUT2D eigenvalue weighted by Crippen LogP contribution is 2.53. The highest BCUT2D eigenvalue weighted by Gasteiger charge is 2.56. The Morgan fingerprint density at radius 2 is 1.71 bits per heavy atom. The number of alkyl halides is 5. The van der Waals surface area contributed by atoms with Crippen molar-refractivity contribution >= 4 is 69.6 Å². The first-order chi connectivity index (χ1) is 15.6. The number of benzene rings is 2. The van der Waals surface area contributed by atoms with Crippen molar-refractivity contribution in [2.75, 3.05) is 22.6 Å². The van der Waals surface area contributed by atoms with Gasteiger partial charge in [-0.2, -0.15) is 13.2 Å². The molecule has 1 aliphatic rings. The van der Waals surface area contributed by atoms with Gasteiger partial charge in [0.1, 0.15) is 15.8 Å². The van der Waals surface area contributed by atoms with Gasteiger partial charge in [0.25, 0.3) is 5.91 Å². The van der Waals surface area contributed by atoms with Crippen LogP contribution in [0.5, 0.6) is 0 Å². The number of rotatable bonds is 5. The summed E-state index contributed by atoms with van der Waals surface area (Å²) in [5, 5.41) is 3.52. The molecule has 0 spiro atoms. The monoisotopic (exact) mass is 543 g/mol. The fourth-order valence-electron chi connectivity index (χ4n) is 2.88. The van der Waals surface area contributed by atoms with Gasteiger partial charge in [-0.1, -0.05) is 11.6 Å². The number of carbonyl (C=O) groups is 3. The van der Waals surface area contributed by atoms with Crippen LogP contribution in [0, 0.1) is 17.6 Å². The van der Waals surface area contributed by atoms with E-state index >= 15 is 0 Å². The molecule has 0 aromatic heterocycles. The molecular weight excluding hydrogens is 532 g/mol. The molecule has 0 heterocycles. The van der Waals surface area contributed by atoms with Crippen LogP contribution in [0.25, 0.3) is 0 Å². The fraction of sp³-hybridized carbons (Fsp3) is 0.250. The molecule has 14 heteroatoms. The van der Waals surface area contributed by atoms with Crippen molar-refractivity contribution in [3.8, 4) is 0 Å². The first-order valence-electron chi connectivity index (χ1n) is 9.26. The summed E-state index contributed by atoms with van der Waals surface area (Å²) in [5.41, 5.74) is -2.12. The number of nitrogens with one attached hydrogen (secondary N) is 2. The van der Waals surface area contributed by atoms with E-state index in [1.54, 1.807) is 0 Å². The summed E-state index contributed by atoms with van der Waals surface area (Å²) in [6, 6.07) is 5.20. The summed E-state index contributed by atoms with van der Waals surface area (Å²) in [4.78, 5) is 36.9. The third-order valence-electron chi connectivity index (χ3n) is 4.84. The third kappa shape index (κ3) is 5.37. The molecule has 2 aromatic rings. The Hall–Kier alpha value is -2.63. The number of hydrogen-bond donors (Lipinski definition) is 2. The first kappa shape index (κ1) is 26.0. The SMILES string of the molecule is CN(C(=O)c1cc(NC(=O)[C@H]2CC2(Cl)Cl)ccc1Cl)c1ccc(F)c(NC(=O)C(F)(F)F)c1F. The molecule has 0 aliphatic heterocycles. The quantitative estimate of drug-likeness (QED) is 0.384. The maximum absolute atomic E-state index is 14.8. The Morgan fingerprint density at radius 3 is 2.26 bits per heavy atom. The van der Waals surface area contributed by atoms with Crippen LogP contribution in [0.2, 0.25) is 5.02 Å². The maximum Gasteiger partial charge on any atom is 0.471 e. The standard InChI is InChI=1S/C20H13Cl3F5N3O3/c1-31(13-5-4-12(24)15(14(13)25)30-18(34)20(26,27)28)17(33)9-6-8(2-3-11(9)21)29-16(32)10-7-19(10,22)23/h2-6,10H,7H2,1H3,(H,29,32)(H,30,34)/t10-/m1/s1. The molecule has 34 heavy (non-hydrogen) atoms. The number of amides is 3. The molecule has 1 saturated carbocycles. The van der Waals surface area contributed by atoms with Crippen LogP contribution in [0.15, 0.2) is 30.3 Å². The second-order valence-corrected chi connectivity index (χ2v) is 9.22. The predicted molar refractivity (Wildman–Crippen MR) is 116 cm³/mol. The van der Waals surface area contributed by atoms with Crippen LogP contribution in [-0.4, -0.2) is 35.3 Å². The Kier molecular flexibility index (Phi) is 7.03. The normalized spacial score (nSPS) is 16.6. The summed E-state index contributed by atoms with van der Waals surface area (Å²) < 4.78 is 65.0. The number of halogens is 8. The Balaban J connectivity index is 1.87. The third-order valence-corrected chi connectivity index (χ3v) is 6.00. The van der Waals surface area contributed by atoms with Gasteiger partial charge in [0.05, 0.1) is 22.2 Å². The van der Waals surface area contributed by atoms with Gasteiger partial charge in [-0.15, -0.1) is 23.2 Å². The van der Waals surface area contributed by atoms with Crippen LogP contribution in [-0.2, 0) is 9.59 Å². The van der Waals surface area contributed by atoms with E-state index < -0.39 is 57.2 Å². The van der Waals surface area contributed by atoms with Crippen molar-refractivity contribution in [3.63, 3.8) is 0 Å². The van der Waals surface area contributed by atoms with Crippen LogP contribution < -0.4 is 15.5 Å². The van der Waals surface area contributed by atoms with Crippen LogP contribution in [0.1, 0.15) is 16.8 Å². The Labute approximate surface area is 203 Å². The van der Waals surface area contributed by atoms with Gasteiger partial charge in [0.2, 0.25) is 5.91 Å². The summed E-state index contributed by atoms with van der Waals surface area (Å²) in [6.45, 7) is 0. The summed E-state index contributed by atoms with van der Waals surface area (Å²) in [5.74, 6) is -7.83. The largest absolute Gasteiger partial charge is 0.471 e. The average molecular weight is 545 g/mol. The minimum absolute atomic E-state index is 0.0987. The van der Waals surface area contributed by atoms with Gasteiger partial charge in [-0.05, 0) is 36.8 Å². The average Bonchev–Trinajstić information content (AvgIpc) is 3.39. The molecule has 2 N–H and O–H groups in total. The summed E-state index contributed by atoms with van der Waals surface area (Å²) in [7, 11) is 1.05. The molecule has 3 rings (SSSR count). The van der Waals surface area contributed by atoms with Gasteiger partial charge in [-0.3, -0.25) is 14.4 Å². The Bertz CT molecular complexity index is 1190. The summed E-state index contributed by atoms with van der Waals surface area (Å²) in [6.07, 6.45) is -5.16. The minimum atomic E-state index is -5.40. The zero-order chi connectivity index (χ0) is 25.6. The Morgan fingerprint density at radius 1 is 1.09 bits per heavy atom. The lowest BCUT2D eigenvalue weighted by molar-refractivity contribution is -0.167. The molecular formula is C20H13Cl3F5N3O3. The second kappa shape index (κ2) is 9.20. The number of hydrogen-bond acceptors (Lipinski definition) is 3. The lowest BCUT2D eigenvalue weighted by Gasteiger charge is -2.21. The molecule has 0 radical (unpaired) electrons. The molecule has 2 aromatic carbocycles. The van der Waals surface area contributed by atoms with Crippen molar-refractivity contribution in [1.29, 1.82) is 0 Å². The van der Waals surface area contributed by atoms with Crippen LogP contribution in [0.4, 0.5) is 39.0 Å². The smallest absolute Gasteiger partial charge is 0.326 e. The van der Waals surface area contributed by atoms with Gasteiger partial charge in [0, 0.05) is 12.7 Å². The van der Waals surface area contributed by atoms with E-state index in [2.05, 4.69) is 5.32 Å². The lowest BCUT2D eigenvalue weighted by Crippen LogP contribution is -2.32. The van der Waals surface area contributed by atoms with Gasteiger partial charge >= 0.3 is 12.1 Å². The van der Waals surface area contributed by atoms with Crippen molar-refractivity contribution in [1.82, 2.24) is 0 Å². The molecule has 0 unspecified atom stereocenters. The van der Waals surface area contributed by atoms with Crippen molar-refractivity contribution < 1.29 is 36.3 Å². The number of anilines is 3. The fourth-order valence-corrected chi connectivity index (χ4v) is 3.59. The zero-order valence-electron chi connectivity index (χ0n) is 16.9. The molecule has 1 atom stereocenters. The van der Waals surface area contributed by atoms with E-state index in [1.807, 2.05) is 0 Å². The molecule has 182 valence electrons. The highest BCUT2D eigenvalue weighted by molar-refractivity contribution is 6.52. The molecule has 6 nitrogen and oxygen atoms in total. The van der Waals surface area contributed by atoms with Crippen molar-refractivity contribution in [2.45, 2.75) is 16.9 Å². The molecule has 0 bridgehead atoms. The summed E-state index contributed by atoms with van der Waals surface area (Å²) >= 11 is 17.8. The van der Waals surface area contributed by atoms with E-state index in [0.29, 0.717) is 11.0 Å². The molecule has 1 aliphatic carbocycles. The second-order valence-electron chi connectivity index (χ2n) is 7.27. The van der Waals surface area contributed by atoms with Crippen molar-refractivity contribution in [3.05, 3.63) is 52.6 Å². The predicted octanol–water partition coefficient (Wildman–Crippen LogP) is 5.53. The minimum Gasteiger partial charge on any atom is -0.326 e. The van der Waals surface area contributed by atoms with E-state index in [0.717, 1.165) is 18.4 Å².